The zero-order valence-corrected chi connectivity index (χ0v) is 11.0. The van der Waals surface area contributed by atoms with Crippen LogP contribution in [0.3, 0.4) is 0 Å². The summed E-state index contributed by atoms with van der Waals surface area (Å²) < 4.78 is 0. The number of rotatable bonds is 6. The number of unbranched alkanes of at least 4 members (excludes halogenated alkanes) is 4. The summed E-state index contributed by atoms with van der Waals surface area (Å²) in [7, 11) is 0. The van der Waals surface area contributed by atoms with Crippen molar-refractivity contribution in [1.29, 1.82) is 0 Å². The Morgan fingerprint density at radius 3 is 2.06 bits per heavy atom. The summed E-state index contributed by atoms with van der Waals surface area (Å²) in [4.78, 5) is 10.0. The molecule has 0 aliphatic heterocycles. The van der Waals surface area contributed by atoms with E-state index < -0.39 is 5.97 Å². The molecule has 0 aromatic heterocycles. The molecular formula is C15H26O2. The Morgan fingerprint density at radius 1 is 1.12 bits per heavy atom. The molecule has 0 aromatic rings. The molecule has 0 amide bonds. The highest BCUT2D eigenvalue weighted by Crippen LogP contribution is 2.38. The minimum absolute atomic E-state index is 0.337. The first-order valence-electron chi connectivity index (χ1n) is 7.12. The summed E-state index contributed by atoms with van der Waals surface area (Å²) in [5.74, 6) is 1.31. The van der Waals surface area contributed by atoms with Crippen LogP contribution in [0.1, 0.15) is 64.7 Å². The van der Waals surface area contributed by atoms with Crippen LogP contribution in [-0.4, -0.2) is 11.1 Å². The van der Waals surface area contributed by atoms with Crippen LogP contribution in [-0.2, 0) is 4.79 Å². The standard InChI is InChI=1S/C8H16O2.C7H10/c1-2-3-4-5-6-7-8(9)10;1-2-7-4-3-6(1)5-7/h2-7H2,1H3,(H,9,10);1-2,6-7H,3-5H2. The zero-order valence-electron chi connectivity index (χ0n) is 11.0. The Morgan fingerprint density at radius 2 is 1.71 bits per heavy atom. The first-order chi connectivity index (χ1) is 8.22. The molecule has 17 heavy (non-hydrogen) atoms. The Labute approximate surface area is 105 Å². The number of carboxylic acid groups (broad SMARTS) is 1. The first kappa shape index (κ1) is 14.3. The number of carboxylic acids is 1. The van der Waals surface area contributed by atoms with Crippen LogP contribution < -0.4 is 0 Å². The molecule has 0 heterocycles. The highest BCUT2D eigenvalue weighted by Gasteiger charge is 2.25. The van der Waals surface area contributed by atoms with Crippen LogP contribution >= 0.6 is 0 Å². The number of carbonyl (C=O) groups is 1. The van der Waals surface area contributed by atoms with Crippen molar-refractivity contribution in [2.24, 2.45) is 11.8 Å². The molecule has 2 heteroatoms. The van der Waals surface area contributed by atoms with E-state index in [9.17, 15) is 4.79 Å². The molecule has 1 fully saturated rings. The molecule has 1 N–H and O–H groups in total. The smallest absolute Gasteiger partial charge is 0.303 e. The van der Waals surface area contributed by atoms with Gasteiger partial charge in [0, 0.05) is 6.42 Å². The second-order valence-electron chi connectivity index (χ2n) is 5.28. The Bertz CT molecular complexity index is 233. The maximum Gasteiger partial charge on any atom is 0.303 e. The zero-order chi connectivity index (χ0) is 12.5. The van der Waals surface area contributed by atoms with Crippen molar-refractivity contribution in [3.63, 3.8) is 0 Å². The van der Waals surface area contributed by atoms with Crippen molar-refractivity contribution in [1.82, 2.24) is 0 Å². The van der Waals surface area contributed by atoms with E-state index >= 15 is 0 Å². The van der Waals surface area contributed by atoms with E-state index in [1.807, 2.05) is 0 Å². The molecule has 0 saturated heterocycles. The van der Waals surface area contributed by atoms with Crippen molar-refractivity contribution in [2.75, 3.05) is 0 Å². The van der Waals surface area contributed by atoms with Crippen molar-refractivity contribution in [3.05, 3.63) is 12.2 Å². The third kappa shape index (κ3) is 6.50. The molecule has 2 nitrogen and oxygen atoms in total. The second-order valence-corrected chi connectivity index (χ2v) is 5.28. The van der Waals surface area contributed by atoms with E-state index in [1.165, 1.54) is 38.5 Å². The van der Waals surface area contributed by atoms with Gasteiger partial charge in [-0.2, -0.15) is 0 Å². The van der Waals surface area contributed by atoms with Crippen LogP contribution in [0.4, 0.5) is 0 Å². The van der Waals surface area contributed by atoms with E-state index in [-0.39, 0.29) is 0 Å². The lowest BCUT2D eigenvalue weighted by atomic mass is 10.1. The van der Waals surface area contributed by atoms with Gasteiger partial charge in [-0.25, -0.2) is 0 Å². The molecule has 0 spiro atoms. The Balaban J connectivity index is 0.000000177. The van der Waals surface area contributed by atoms with E-state index in [4.69, 9.17) is 5.11 Å². The van der Waals surface area contributed by atoms with Gasteiger partial charge in [-0.1, -0.05) is 44.8 Å². The van der Waals surface area contributed by atoms with Crippen LogP contribution in [0.5, 0.6) is 0 Å². The van der Waals surface area contributed by atoms with E-state index in [1.54, 1.807) is 0 Å². The lowest BCUT2D eigenvalue weighted by Gasteiger charge is -1.96. The van der Waals surface area contributed by atoms with Crippen LogP contribution in [0.25, 0.3) is 0 Å². The summed E-state index contributed by atoms with van der Waals surface area (Å²) in [6.07, 6.45) is 15.1. The molecule has 2 bridgehead atoms. The van der Waals surface area contributed by atoms with Crippen LogP contribution in [0.15, 0.2) is 12.2 Å². The Kier molecular flexibility index (Phi) is 6.99. The predicted molar refractivity (Wildman–Crippen MR) is 71.0 cm³/mol. The average molecular weight is 238 g/mol. The largest absolute Gasteiger partial charge is 0.481 e. The third-order valence-corrected chi connectivity index (χ3v) is 3.66. The van der Waals surface area contributed by atoms with Gasteiger partial charge in [-0.05, 0) is 37.5 Å². The minimum Gasteiger partial charge on any atom is -0.481 e. The fourth-order valence-electron chi connectivity index (χ4n) is 2.60. The Hall–Kier alpha value is -0.790. The number of fused-ring (bicyclic) bond motifs is 2. The summed E-state index contributed by atoms with van der Waals surface area (Å²) >= 11 is 0. The summed E-state index contributed by atoms with van der Waals surface area (Å²) in [5, 5.41) is 8.27. The highest BCUT2D eigenvalue weighted by molar-refractivity contribution is 5.66. The van der Waals surface area contributed by atoms with Crippen LogP contribution in [0, 0.1) is 11.8 Å². The maximum absolute atomic E-state index is 10.0. The summed E-state index contributed by atoms with van der Waals surface area (Å²) in [6, 6.07) is 0. The number of hydrogen-bond acceptors (Lipinski definition) is 1. The van der Waals surface area contributed by atoms with Gasteiger partial charge >= 0.3 is 5.97 Å². The normalized spacial score (nSPS) is 24.5. The molecule has 1 saturated carbocycles. The average Bonchev–Trinajstić information content (AvgIpc) is 2.93. The van der Waals surface area contributed by atoms with E-state index in [0.29, 0.717) is 6.42 Å². The third-order valence-electron chi connectivity index (χ3n) is 3.66. The topological polar surface area (TPSA) is 37.3 Å². The fourth-order valence-corrected chi connectivity index (χ4v) is 2.60. The highest BCUT2D eigenvalue weighted by atomic mass is 16.4. The number of allylic oxidation sites excluding steroid dienone is 2. The monoisotopic (exact) mass is 238 g/mol. The van der Waals surface area contributed by atoms with E-state index in [0.717, 1.165) is 24.7 Å². The molecule has 2 aliphatic carbocycles. The molecule has 2 atom stereocenters. The number of aliphatic carboxylic acids is 1. The predicted octanol–water partition coefficient (Wildman–Crippen LogP) is 4.40. The SMILES string of the molecule is C1=CC2CCC1C2.CCCCCCCC(=O)O. The summed E-state index contributed by atoms with van der Waals surface area (Å²) in [5.41, 5.74) is 0. The molecule has 2 unspecified atom stereocenters. The van der Waals surface area contributed by atoms with E-state index in [2.05, 4.69) is 19.1 Å². The van der Waals surface area contributed by atoms with Gasteiger partial charge in [0.25, 0.3) is 0 Å². The number of hydrogen-bond donors (Lipinski definition) is 1. The fraction of sp³-hybridized carbons (Fsp3) is 0.800. The van der Waals surface area contributed by atoms with Gasteiger partial charge in [0.2, 0.25) is 0 Å². The maximum atomic E-state index is 10.0. The van der Waals surface area contributed by atoms with Crippen molar-refractivity contribution >= 4 is 5.97 Å². The lowest BCUT2D eigenvalue weighted by molar-refractivity contribution is -0.137. The molecule has 0 radical (unpaired) electrons. The minimum atomic E-state index is -0.670. The van der Waals surface area contributed by atoms with Crippen LogP contribution in [0.2, 0.25) is 0 Å². The van der Waals surface area contributed by atoms with Crippen molar-refractivity contribution in [2.45, 2.75) is 64.7 Å². The van der Waals surface area contributed by atoms with Gasteiger partial charge in [0.05, 0.1) is 0 Å². The molecular weight excluding hydrogens is 212 g/mol. The second kappa shape index (κ2) is 8.32. The molecule has 98 valence electrons. The molecule has 2 rings (SSSR count). The van der Waals surface area contributed by atoms with Crippen molar-refractivity contribution in [3.8, 4) is 0 Å². The van der Waals surface area contributed by atoms with Gasteiger partial charge in [0.1, 0.15) is 0 Å². The first-order valence-corrected chi connectivity index (χ1v) is 7.12. The molecule has 0 aromatic carbocycles. The van der Waals surface area contributed by atoms with Crippen molar-refractivity contribution < 1.29 is 9.90 Å². The molecule has 2 aliphatic rings. The quantitative estimate of drug-likeness (QED) is 0.550. The van der Waals surface area contributed by atoms with Gasteiger partial charge in [-0.3, -0.25) is 4.79 Å². The van der Waals surface area contributed by atoms with Gasteiger partial charge in [0.15, 0.2) is 0 Å². The lowest BCUT2D eigenvalue weighted by Crippen LogP contribution is -1.93. The summed E-state index contributed by atoms with van der Waals surface area (Å²) in [6.45, 7) is 2.15. The van der Waals surface area contributed by atoms with Gasteiger partial charge in [-0.15, -0.1) is 0 Å². The van der Waals surface area contributed by atoms with Gasteiger partial charge < -0.3 is 5.11 Å².